The van der Waals surface area contributed by atoms with Crippen molar-refractivity contribution in [3.63, 3.8) is 0 Å². The molecule has 1 aromatic heterocycles. The molecule has 1 aromatic rings. The lowest BCUT2D eigenvalue weighted by atomic mass is 10.3. The summed E-state index contributed by atoms with van der Waals surface area (Å²) < 4.78 is 30.9. The monoisotopic (exact) mass is 292 g/mol. The summed E-state index contributed by atoms with van der Waals surface area (Å²) >= 11 is 1.03. The summed E-state index contributed by atoms with van der Waals surface area (Å²) in [4.78, 5) is 11.4. The van der Waals surface area contributed by atoms with Crippen LogP contribution in [0.25, 0.3) is 0 Å². The molecule has 0 aliphatic heterocycles. The molecule has 0 bridgehead atoms. The van der Waals surface area contributed by atoms with Crippen LogP contribution in [0, 0.1) is 0 Å². The minimum atomic E-state index is -3.69. The fourth-order valence-electron chi connectivity index (χ4n) is 1.25. The second-order valence-electron chi connectivity index (χ2n) is 3.77. The van der Waals surface area contributed by atoms with Gasteiger partial charge in [0.05, 0.1) is 7.11 Å². The van der Waals surface area contributed by atoms with Crippen LogP contribution in [0.3, 0.4) is 0 Å². The first-order valence-corrected chi connectivity index (χ1v) is 7.66. The third kappa shape index (κ3) is 3.77. The molecular formula is C10H16N2O4S2. The largest absolute Gasteiger partial charge is 0.465 e. The average Bonchev–Trinajstić information content (AvgIpc) is 2.76. The molecule has 8 heteroatoms. The van der Waals surface area contributed by atoms with Gasteiger partial charge in [-0.3, -0.25) is 0 Å². The van der Waals surface area contributed by atoms with Gasteiger partial charge in [-0.05, 0) is 24.8 Å². The van der Waals surface area contributed by atoms with Crippen LogP contribution in [0.4, 0.5) is 0 Å². The SMILES string of the molecule is COC(=O)c1sccc1S(=O)(=O)NCCC(C)N. The molecule has 1 rings (SSSR count). The highest BCUT2D eigenvalue weighted by Gasteiger charge is 2.24. The van der Waals surface area contributed by atoms with Gasteiger partial charge in [-0.2, -0.15) is 0 Å². The number of hydrogen-bond donors (Lipinski definition) is 2. The van der Waals surface area contributed by atoms with Crippen molar-refractivity contribution in [2.75, 3.05) is 13.7 Å². The second-order valence-corrected chi connectivity index (χ2v) is 6.42. The minimum absolute atomic E-state index is 0.0518. The summed E-state index contributed by atoms with van der Waals surface area (Å²) in [5.74, 6) is -0.655. The molecule has 0 saturated carbocycles. The van der Waals surface area contributed by atoms with E-state index in [9.17, 15) is 13.2 Å². The third-order valence-corrected chi connectivity index (χ3v) is 4.71. The van der Waals surface area contributed by atoms with E-state index in [-0.39, 0.29) is 22.4 Å². The lowest BCUT2D eigenvalue weighted by molar-refractivity contribution is 0.0602. The zero-order valence-electron chi connectivity index (χ0n) is 10.2. The van der Waals surface area contributed by atoms with Gasteiger partial charge in [0.25, 0.3) is 0 Å². The molecule has 0 aromatic carbocycles. The molecule has 1 atom stereocenters. The van der Waals surface area contributed by atoms with E-state index < -0.39 is 16.0 Å². The third-order valence-electron chi connectivity index (χ3n) is 2.18. The summed E-state index contributed by atoms with van der Waals surface area (Å²) in [5.41, 5.74) is 5.53. The van der Waals surface area contributed by atoms with E-state index in [4.69, 9.17) is 5.73 Å². The fourth-order valence-corrected chi connectivity index (χ4v) is 3.63. The summed E-state index contributed by atoms with van der Waals surface area (Å²) in [7, 11) is -2.48. The van der Waals surface area contributed by atoms with Crippen molar-refractivity contribution in [3.8, 4) is 0 Å². The van der Waals surface area contributed by atoms with E-state index in [1.807, 2.05) is 0 Å². The number of ether oxygens (including phenoxy) is 1. The first-order valence-electron chi connectivity index (χ1n) is 5.29. The van der Waals surface area contributed by atoms with Crippen molar-refractivity contribution in [2.24, 2.45) is 5.73 Å². The summed E-state index contributed by atoms with van der Waals surface area (Å²) in [6.45, 7) is 2.02. The maximum absolute atomic E-state index is 12.0. The van der Waals surface area contributed by atoms with Gasteiger partial charge in [0.2, 0.25) is 10.0 Å². The van der Waals surface area contributed by atoms with Crippen molar-refractivity contribution < 1.29 is 17.9 Å². The maximum atomic E-state index is 12.0. The van der Waals surface area contributed by atoms with Gasteiger partial charge < -0.3 is 10.5 Å². The number of hydrogen-bond acceptors (Lipinski definition) is 6. The highest BCUT2D eigenvalue weighted by atomic mass is 32.2. The Hall–Kier alpha value is -0.960. The zero-order chi connectivity index (χ0) is 13.8. The molecule has 3 N–H and O–H groups in total. The van der Waals surface area contributed by atoms with Crippen LogP contribution < -0.4 is 10.5 Å². The Bertz CT molecular complexity index is 508. The molecule has 1 heterocycles. The van der Waals surface area contributed by atoms with E-state index in [2.05, 4.69) is 9.46 Å². The number of carbonyl (C=O) groups is 1. The van der Waals surface area contributed by atoms with E-state index in [1.54, 1.807) is 6.92 Å². The lowest BCUT2D eigenvalue weighted by Crippen LogP contribution is -2.29. The molecule has 0 spiro atoms. The molecule has 0 aliphatic rings. The normalized spacial score (nSPS) is 13.3. The van der Waals surface area contributed by atoms with Gasteiger partial charge >= 0.3 is 5.97 Å². The van der Waals surface area contributed by atoms with Gasteiger partial charge in [-0.1, -0.05) is 0 Å². The molecular weight excluding hydrogens is 276 g/mol. The molecule has 0 aliphatic carbocycles. The maximum Gasteiger partial charge on any atom is 0.349 e. The predicted octanol–water partition coefficient (Wildman–Crippen LogP) is 0.550. The Kier molecular flexibility index (Phi) is 5.27. The average molecular weight is 292 g/mol. The van der Waals surface area contributed by atoms with Gasteiger partial charge in [0, 0.05) is 12.6 Å². The first kappa shape index (κ1) is 15.1. The first-order chi connectivity index (χ1) is 8.38. The second kappa shape index (κ2) is 6.28. The fraction of sp³-hybridized carbons (Fsp3) is 0.500. The Morgan fingerprint density at radius 1 is 1.61 bits per heavy atom. The van der Waals surface area contributed by atoms with Crippen LogP contribution in [0.1, 0.15) is 23.0 Å². The molecule has 0 radical (unpaired) electrons. The van der Waals surface area contributed by atoms with E-state index in [1.165, 1.54) is 18.6 Å². The molecule has 0 saturated heterocycles. The summed E-state index contributed by atoms with van der Waals surface area (Å²) in [6, 6.07) is 1.29. The number of esters is 1. The van der Waals surface area contributed by atoms with E-state index in [0.717, 1.165) is 11.3 Å². The van der Waals surface area contributed by atoms with Gasteiger partial charge in [0.15, 0.2) is 0 Å². The number of nitrogens with one attached hydrogen (secondary N) is 1. The highest BCUT2D eigenvalue weighted by Crippen LogP contribution is 2.22. The van der Waals surface area contributed by atoms with Gasteiger partial charge in [-0.15, -0.1) is 11.3 Å². The number of sulfonamides is 1. The Morgan fingerprint density at radius 3 is 2.83 bits per heavy atom. The molecule has 0 amide bonds. The quantitative estimate of drug-likeness (QED) is 0.746. The van der Waals surface area contributed by atoms with Crippen LogP contribution in [0.2, 0.25) is 0 Å². The minimum Gasteiger partial charge on any atom is -0.465 e. The predicted molar refractivity (Wildman–Crippen MR) is 69.1 cm³/mol. The molecule has 102 valence electrons. The van der Waals surface area contributed by atoms with Crippen LogP contribution in [-0.4, -0.2) is 34.1 Å². The number of methoxy groups -OCH3 is 1. The van der Waals surface area contributed by atoms with Gasteiger partial charge in [0.1, 0.15) is 9.77 Å². The standard InChI is InChI=1S/C10H16N2O4S2/c1-7(11)3-5-12-18(14,15)8-4-6-17-9(8)10(13)16-2/h4,6-7,12H,3,5,11H2,1-2H3. The molecule has 6 nitrogen and oxygen atoms in total. The Balaban J connectivity index is 2.85. The van der Waals surface area contributed by atoms with Crippen LogP contribution >= 0.6 is 11.3 Å². The van der Waals surface area contributed by atoms with Crippen molar-refractivity contribution in [3.05, 3.63) is 16.3 Å². The summed E-state index contributed by atoms with van der Waals surface area (Å²) in [6.07, 6.45) is 0.525. The van der Waals surface area contributed by atoms with Crippen LogP contribution in [0.15, 0.2) is 16.3 Å². The lowest BCUT2D eigenvalue weighted by Gasteiger charge is -2.08. The Labute approximate surface area is 110 Å². The van der Waals surface area contributed by atoms with Crippen molar-refractivity contribution in [1.29, 1.82) is 0 Å². The summed E-state index contributed by atoms with van der Waals surface area (Å²) in [5, 5.41) is 1.53. The van der Waals surface area contributed by atoms with Crippen molar-refractivity contribution in [2.45, 2.75) is 24.3 Å². The van der Waals surface area contributed by atoms with Crippen molar-refractivity contribution >= 4 is 27.3 Å². The molecule has 0 fully saturated rings. The molecule has 1 unspecified atom stereocenters. The number of thiophene rings is 1. The number of rotatable bonds is 6. The number of carbonyl (C=O) groups excluding carboxylic acids is 1. The number of nitrogens with two attached hydrogens (primary N) is 1. The van der Waals surface area contributed by atoms with Gasteiger partial charge in [-0.25, -0.2) is 17.9 Å². The highest BCUT2D eigenvalue weighted by molar-refractivity contribution is 7.89. The van der Waals surface area contributed by atoms with Crippen LogP contribution in [0.5, 0.6) is 0 Å². The van der Waals surface area contributed by atoms with Crippen molar-refractivity contribution in [1.82, 2.24) is 4.72 Å². The zero-order valence-corrected chi connectivity index (χ0v) is 11.8. The Morgan fingerprint density at radius 2 is 2.28 bits per heavy atom. The van der Waals surface area contributed by atoms with Crippen LogP contribution in [-0.2, 0) is 14.8 Å². The smallest absolute Gasteiger partial charge is 0.349 e. The van der Waals surface area contributed by atoms with E-state index in [0.29, 0.717) is 6.42 Å². The molecule has 18 heavy (non-hydrogen) atoms. The van der Waals surface area contributed by atoms with E-state index >= 15 is 0 Å². The topological polar surface area (TPSA) is 98.5 Å².